The van der Waals surface area contributed by atoms with Crippen molar-refractivity contribution in [1.82, 2.24) is 0 Å². The Balaban J connectivity index is 2.82. The van der Waals surface area contributed by atoms with Crippen LogP contribution in [0.25, 0.3) is 0 Å². The van der Waals surface area contributed by atoms with E-state index in [0.29, 0.717) is 14.0 Å². The standard InChI is InChI=1S/C25H28F14O10/c1-18(26,48-24(36,37)19(2,27)42-3)12-44-5-7-46-15-9-14(17(40)41)10-16(11-15)47-8-6-45-13-20(28,22(30,31)32)49-25(38,39)21(29,43-4)23(33,34)35/h9-11H,5-8,12-13H2,1-4H3,(H,40,41). The van der Waals surface area contributed by atoms with Crippen LogP contribution in [0.1, 0.15) is 24.2 Å². The largest absolute Gasteiger partial charge is 0.491 e. The molecule has 49 heavy (non-hydrogen) atoms. The summed E-state index contributed by atoms with van der Waals surface area (Å²) in [6, 6.07) is 2.66. The highest BCUT2D eigenvalue weighted by Crippen LogP contribution is 2.50. The number of ether oxygens (including phenoxy) is 8. The molecular formula is C25H28F14O10. The molecule has 0 bridgehead atoms. The Kier molecular flexibility index (Phi) is 14.4. The Morgan fingerprint density at radius 2 is 1.10 bits per heavy atom. The van der Waals surface area contributed by atoms with Gasteiger partial charge in [0.15, 0.2) is 0 Å². The monoisotopic (exact) mass is 754 g/mol. The average molecular weight is 754 g/mol. The van der Waals surface area contributed by atoms with Gasteiger partial charge in [-0.25, -0.2) is 13.6 Å². The molecule has 286 valence electrons. The number of carboxylic acids is 1. The van der Waals surface area contributed by atoms with Crippen LogP contribution < -0.4 is 9.47 Å². The van der Waals surface area contributed by atoms with Gasteiger partial charge in [-0.3, -0.25) is 9.47 Å². The summed E-state index contributed by atoms with van der Waals surface area (Å²) >= 11 is 0. The fourth-order valence-electron chi connectivity index (χ4n) is 3.10. The summed E-state index contributed by atoms with van der Waals surface area (Å²) in [4.78, 5) is 11.4. The molecule has 0 aromatic heterocycles. The van der Waals surface area contributed by atoms with Gasteiger partial charge >= 0.3 is 42.2 Å². The molecule has 1 rings (SSSR count). The number of halogens is 14. The molecule has 0 heterocycles. The molecule has 0 aliphatic carbocycles. The van der Waals surface area contributed by atoms with Gasteiger partial charge in [0, 0.05) is 27.2 Å². The Labute approximate surface area is 267 Å². The summed E-state index contributed by atoms with van der Waals surface area (Å²) in [5, 5.41) is 9.25. The predicted octanol–water partition coefficient (Wildman–Crippen LogP) is 6.51. The highest BCUT2D eigenvalue weighted by atomic mass is 19.4. The van der Waals surface area contributed by atoms with Gasteiger partial charge in [0.05, 0.1) is 18.8 Å². The number of hydrogen-bond acceptors (Lipinski definition) is 9. The molecule has 1 aromatic rings. The van der Waals surface area contributed by atoms with Gasteiger partial charge in [-0.05, 0) is 19.1 Å². The average Bonchev–Trinajstić information content (AvgIpc) is 2.93. The molecule has 24 heteroatoms. The van der Waals surface area contributed by atoms with E-state index < -0.39 is 105 Å². The molecule has 0 aliphatic heterocycles. The number of rotatable bonds is 21. The number of carboxylic acid groups (broad SMARTS) is 1. The maximum Gasteiger partial charge on any atom is 0.457 e. The molecule has 1 aromatic carbocycles. The van der Waals surface area contributed by atoms with E-state index in [0.717, 1.165) is 18.2 Å². The third kappa shape index (κ3) is 11.6. The minimum Gasteiger partial charge on any atom is -0.491 e. The smallest absolute Gasteiger partial charge is 0.457 e. The summed E-state index contributed by atoms with van der Waals surface area (Å²) in [7, 11) is 0.282. The van der Waals surface area contributed by atoms with Crippen molar-refractivity contribution in [2.24, 2.45) is 0 Å². The molecule has 4 unspecified atom stereocenters. The highest BCUT2D eigenvalue weighted by molar-refractivity contribution is 5.88. The first-order chi connectivity index (χ1) is 22.0. The molecule has 4 atom stereocenters. The van der Waals surface area contributed by atoms with E-state index in [-0.39, 0.29) is 19.8 Å². The van der Waals surface area contributed by atoms with Crippen molar-refractivity contribution >= 4 is 5.97 Å². The number of alkyl halides is 14. The lowest BCUT2D eigenvalue weighted by atomic mass is 10.2. The molecule has 0 radical (unpaired) electrons. The van der Waals surface area contributed by atoms with Crippen molar-refractivity contribution in [1.29, 1.82) is 0 Å². The van der Waals surface area contributed by atoms with Crippen molar-refractivity contribution in [2.75, 3.05) is 53.9 Å². The maximum absolute atomic E-state index is 14.4. The van der Waals surface area contributed by atoms with Gasteiger partial charge in [-0.1, -0.05) is 0 Å². The minimum absolute atomic E-state index is 0.279. The zero-order chi connectivity index (χ0) is 38.3. The van der Waals surface area contributed by atoms with Gasteiger partial charge in [0.1, 0.15) is 37.9 Å². The summed E-state index contributed by atoms with van der Waals surface area (Å²) in [5.74, 6) is -21.2. The van der Waals surface area contributed by atoms with Crippen molar-refractivity contribution < 1.29 is 109 Å². The fourth-order valence-corrected chi connectivity index (χ4v) is 3.10. The van der Waals surface area contributed by atoms with Crippen LogP contribution >= 0.6 is 0 Å². The fraction of sp³-hybridized carbons (Fsp3) is 0.720. The van der Waals surface area contributed by atoms with Gasteiger partial charge in [0.2, 0.25) is 5.85 Å². The Hall–Kier alpha value is -2.93. The minimum atomic E-state index is -6.69. The number of carbonyl (C=O) groups is 1. The second-order valence-corrected chi connectivity index (χ2v) is 9.78. The zero-order valence-corrected chi connectivity index (χ0v) is 25.4. The van der Waals surface area contributed by atoms with E-state index in [2.05, 4.69) is 23.7 Å². The molecule has 0 fully saturated rings. The van der Waals surface area contributed by atoms with Gasteiger partial charge < -0.3 is 33.5 Å². The Morgan fingerprint density at radius 1 is 0.633 bits per heavy atom. The lowest BCUT2D eigenvalue weighted by Gasteiger charge is -2.37. The Bertz CT molecular complexity index is 1230. The van der Waals surface area contributed by atoms with Crippen LogP contribution in [0, 0.1) is 0 Å². The van der Waals surface area contributed by atoms with E-state index in [1.807, 2.05) is 0 Å². The van der Waals surface area contributed by atoms with Gasteiger partial charge in [0.25, 0.3) is 5.85 Å². The van der Waals surface area contributed by atoms with Crippen molar-refractivity contribution in [3.8, 4) is 11.5 Å². The van der Waals surface area contributed by atoms with E-state index >= 15 is 0 Å². The summed E-state index contributed by atoms with van der Waals surface area (Å²) in [5.41, 5.74) is -0.540. The summed E-state index contributed by atoms with van der Waals surface area (Å²) in [6.45, 7) is -6.11. The summed E-state index contributed by atoms with van der Waals surface area (Å²) in [6.07, 6.45) is -24.5. The second-order valence-electron chi connectivity index (χ2n) is 9.78. The lowest BCUT2D eigenvalue weighted by molar-refractivity contribution is -0.503. The van der Waals surface area contributed by atoms with Gasteiger partial charge in [-0.15, -0.1) is 0 Å². The number of hydrogen-bond donors (Lipinski definition) is 1. The Morgan fingerprint density at radius 3 is 1.49 bits per heavy atom. The maximum atomic E-state index is 14.4. The van der Waals surface area contributed by atoms with Crippen LogP contribution in [0.4, 0.5) is 61.5 Å². The van der Waals surface area contributed by atoms with Crippen molar-refractivity contribution in [3.63, 3.8) is 0 Å². The molecular weight excluding hydrogens is 726 g/mol. The SMILES string of the molecule is COC(C)(F)C(F)(F)OC(C)(F)COCCOc1cc(OCCOCC(F)(OC(F)(F)C(F)(OC)C(F)(F)F)C(F)(F)F)cc(C(=O)O)c1. The van der Waals surface area contributed by atoms with E-state index in [9.17, 15) is 71.4 Å². The number of benzene rings is 1. The molecule has 0 amide bonds. The van der Waals surface area contributed by atoms with Crippen LogP contribution in [-0.4, -0.2) is 113 Å². The van der Waals surface area contributed by atoms with E-state index in [4.69, 9.17) is 14.2 Å². The van der Waals surface area contributed by atoms with Crippen molar-refractivity contribution in [2.45, 2.75) is 61.8 Å². The zero-order valence-electron chi connectivity index (χ0n) is 25.4. The van der Waals surface area contributed by atoms with Gasteiger partial charge in [-0.2, -0.15) is 52.7 Å². The topological polar surface area (TPSA) is 111 Å². The van der Waals surface area contributed by atoms with E-state index in [1.54, 1.807) is 0 Å². The third-order valence-electron chi connectivity index (χ3n) is 5.75. The second kappa shape index (κ2) is 16.0. The van der Waals surface area contributed by atoms with Crippen LogP contribution in [0.3, 0.4) is 0 Å². The normalized spacial score (nSPS) is 18.2. The highest BCUT2D eigenvalue weighted by Gasteiger charge is 2.78. The van der Waals surface area contributed by atoms with E-state index in [1.165, 1.54) is 0 Å². The quantitative estimate of drug-likeness (QED) is 0.110. The first kappa shape index (κ1) is 44.1. The van der Waals surface area contributed by atoms with Crippen LogP contribution in [0.5, 0.6) is 11.5 Å². The predicted molar refractivity (Wildman–Crippen MR) is 131 cm³/mol. The first-order valence-electron chi connectivity index (χ1n) is 12.9. The number of methoxy groups -OCH3 is 2. The summed E-state index contributed by atoms with van der Waals surface area (Å²) < 4.78 is 221. The molecule has 0 saturated carbocycles. The molecule has 0 spiro atoms. The van der Waals surface area contributed by atoms with Crippen LogP contribution in [0.15, 0.2) is 18.2 Å². The first-order valence-corrected chi connectivity index (χ1v) is 12.9. The third-order valence-corrected chi connectivity index (χ3v) is 5.75. The number of aromatic carboxylic acids is 1. The van der Waals surface area contributed by atoms with Crippen LogP contribution in [0.2, 0.25) is 0 Å². The lowest BCUT2D eigenvalue weighted by Crippen LogP contribution is -2.63. The molecule has 1 N–H and O–H groups in total. The van der Waals surface area contributed by atoms with Crippen molar-refractivity contribution in [3.05, 3.63) is 23.8 Å². The molecule has 10 nitrogen and oxygen atoms in total. The van der Waals surface area contributed by atoms with Crippen LogP contribution in [-0.2, 0) is 28.4 Å². The molecule has 0 saturated heterocycles. The molecule has 0 aliphatic rings.